The van der Waals surface area contributed by atoms with Gasteiger partial charge in [-0.1, -0.05) is 192 Å². The molecule has 0 saturated carbocycles. The van der Waals surface area contributed by atoms with E-state index in [2.05, 4.69) is 194 Å². The van der Waals surface area contributed by atoms with E-state index in [-0.39, 0.29) is 0 Å². The quantitative estimate of drug-likeness (QED) is 0.0979. The van der Waals surface area contributed by atoms with Gasteiger partial charge in [-0.2, -0.15) is 0 Å². The minimum absolute atomic E-state index is 0.583. The van der Waals surface area contributed by atoms with Gasteiger partial charge in [0.15, 0.2) is 0 Å². The van der Waals surface area contributed by atoms with Crippen molar-refractivity contribution in [3.05, 3.63) is 194 Å². The van der Waals surface area contributed by atoms with E-state index < -0.39 is 0 Å². The average molecular weight is 661 g/mol. The second-order valence-electron chi connectivity index (χ2n) is 13.4. The molecule has 0 heterocycles. The Bertz CT molecular complexity index is 2920. The molecule has 0 aliphatic heterocycles. The smallest absolute Gasteiger partial charge is 0.0631 e. The molecule has 0 aromatic heterocycles. The summed E-state index contributed by atoms with van der Waals surface area (Å²) in [5.74, 6) is 0. The van der Waals surface area contributed by atoms with Crippen LogP contribution < -0.4 is 10.4 Å². The van der Waals surface area contributed by atoms with E-state index in [4.69, 9.17) is 0 Å². The van der Waals surface area contributed by atoms with Crippen LogP contribution in [0.4, 0.5) is 0 Å². The van der Waals surface area contributed by atoms with Crippen molar-refractivity contribution < 1.29 is 0 Å². The summed E-state index contributed by atoms with van der Waals surface area (Å²) in [4.78, 5) is 0. The summed E-state index contributed by atoms with van der Waals surface area (Å²) in [5.41, 5.74) is 7.56. The largest absolute Gasteiger partial charge is 0.121 e. The standard InChI is InChI=1S/C50H32Si/c1-2-15-39(16-3-1)51-40-28-29-46-48(32-40)49(44-20-10-11-21-45(44)50(46)38-27-22-33-12-4-5-13-36(33)30-38)35-25-23-34(24-26-35)47-31-37-14-6-7-17-41(37)42-18-8-9-19-43(42)47/h1-32H. The van der Waals surface area contributed by atoms with Crippen molar-refractivity contribution in [3.63, 3.8) is 0 Å². The lowest BCUT2D eigenvalue weighted by atomic mass is 9.85. The zero-order valence-corrected chi connectivity index (χ0v) is 29.0. The van der Waals surface area contributed by atoms with Crippen molar-refractivity contribution >= 4 is 73.8 Å². The zero-order valence-electron chi connectivity index (χ0n) is 28.0. The van der Waals surface area contributed by atoms with Crippen LogP contribution in [0.1, 0.15) is 0 Å². The van der Waals surface area contributed by atoms with Crippen LogP contribution in [0.3, 0.4) is 0 Å². The summed E-state index contributed by atoms with van der Waals surface area (Å²) in [7, 11) is 0.583. The fourth-order valence-corrected chi connectivity index (χ4v) is 9.10. The van der Waals surface area contributed by atoms with Crippen molar-refractivity contribution in [3.8, 4) is 33.4 Å². The summed E-state index contributed by atoms with van der Waals surface area (Å²) in [5, 5.41) is 15.5. The molecule has 2 radical (unpaired) electrons. The first-order chi connectivity index (χ1) is 25.3. The van der Waals surface area contributed by atoms with E-state index in [0.717, 1.165) is 0 Å². The minimum Gasteiger partial charge on any atom is -0.0631 e. The van der Waals surface area contributed by atoms with Crippen LogP contribution >= 0.6 is 0 Å². The highest BCUT2D eigenvalue weighted by atomic mass is 28.2. The van der Waals surface area contributed by atoms with Gasteiger partial charge in [0.2, 0.25) is 0 Å². The molecule has 0 N–H and O–H groups in total. The van der Waals surface area contributed by atoms with E-state index in [1.165, 1.54) is 97.6 Å². The van der Waals surface area contributed by atoms with Crippen molar-refractivity contribution in [2.75, 3.05) is 0 Å². The summed E-state index contributed by atoms with van der Waals surface area (Å²) in [6, 6.07) is 71.8. The predicted octanol–water partition coefficient (Wildman–Crippen LogP) is 12.1. The number of rotatable bonds is 5. The molecule has 0 aliphatic carbocycles. The zero-order chi connectivity index (χ0) is 33.7. The molecular weight excluding hydrogens is 629 g/mol. The fourth-order valence-electron chi connectivity index (χ4n) is 8.02. The summed E-state index contributed by atoms with van der Waals surface area (Å²) in [6.45, 7) is 0. The Kier molecular flexibility index (Phi) is 7.11. The van der Waals surface area contributed by atoms with Gasteiger partial charge in [0, 0.05) is 0 Å². The fraction of sp³-hybridized carbons (Fsp3) is 0. The van der Waals surface area contributed by atoms with Crippen molar-refractivity contribution in [1.29, 1.82) is 0 Å². The van der Waals surface area contributed by atoms with E-state index in [1.54, 1.807) is 0 Å². The molecule has 1 heteroatoms. The van der Waals surface area contributed by atoms with Crippen LogP contribution in [0.5, 0.6) is 0 Å². The third-order valence-corrected chi connectivity index (χ3v) is 11.6. The third kappa shape index (κ3) is 5.14. The van der Waals surface area contributed by atoms with Crippen LogP contribution in [0, 0.1) is 0 Å². The Labute approximate surface area is 300 Å². The second kappa shape index (κ2) is 12.2. The summed E-state index contributed by atoms with van der Waals surface area (Å²) < 4.78 is 0. The van der Waals surface area contributed by atoms with E-state index in [0.29, 0.717) is 9.52 Å². The lowest BCUT2D eigenvalue weighted by Crippen LogP contribution is -2.26. The highest BCUT2D eigenvalue weighted by Crippen LogP contribution is 2.44. The van der Waals surface area contributed by atoms with Gasteiger partial charge in [0.25, 0.3) is 0 Å². The number of benzene rings is 10. The maximum absolute atomic E-state index is 2.46. The van der Waals surface area contributed by atoms with Crippen molar-refractivity contribution in [2.45, 2.75) is 0 Å². The molecule has 10 aromatic rings. The molecule has 0 atom stereocenters. The first-order valence-corrected chi connectivity index (χ1v) is 18.6. The van der Waals surface area contributed by atoms with E-state index in [1.807, 2.05) is 0 Å². The van der Waals surface area contributed by atoms with Crippen molar-refractivity contribution in [1.82, 2.24) is 0 Å². The molecule has 236 valence electrons. The number of fused-ring (bicyclic) bond motifs is 6. The van der Waals surface area contributed by atoms with Crippen LogP contribution in [-0.4, -0.2) is 9.52 Å². The Morgan fingerprint density at radius 3 is 1.57 bits per heavy atom. The molecule has 0 aliphatic rings. The summed E-state index contributed by atoms with van der Waals surface area (Å²) in [6.07, 6.45) is 0. The molecule has 0 amide bonds. The first-order valence-electron chi connectivity index (χ1n) is 17.6. The Morgan fingerprint density at radius 1 is 0.255 bits per heavy atom. The van der Waals surface area contributed by atoms with E-state index >= 15 is 0 Å². The number of hydrogen-bond donors (Lipinski definition) is 0. The molecule has 51 heavy (non-hydrogen) atoms. The monoisotopic (exact) mass is 660 g/mol. The van der Waals surface area contributed by atoms with Crippen LogP contribution in [-0.2, 0) is 0 Å². The number of hydrogen-bond acceptors (Lipinski definition) is 0. The molecule has 10 aromatic carbocycles. The summed E-state index contributed by atoms with van der Waals surface area (Å²) >= 11 is 0. The minimum atomic E-state index is 0.583. The Hall–Kier alpha value is -6.28. The second-order valence-corrected chi connectivity index (χ2v) is 14.8. The third-order valence-electron chi connectivity index (χ3n) is 10.4. The molecule has 0 unspecified atom stereocenters. The van der Waals surface area contributed by atoms with Gasteiger partial charge >= 0.3 is 0 Å². The maximum atomic E-state index is 2.46. The van der Waals surface area contributed by atoms with Crippen LogP contribution in [0.15, 0.2) is 194 Å². The normalized spacial score (nSPS) is 11.6. The lowest BCUT2D eigenvalue weighted by Gasteiger charge is -2.19. The molecule has 0 saturated heterocycles. The van der Waals surface area contributed by atoms with Gasteiger partial charge in [0.1, 0.15) is 9.52 Å². The van der Waals surface area contributed by atoms with Gasteiger partial charge in [-0.3, -0.25) is 0 Å². The topological polar surface area (TPSA) is 0 Å². The molecule has 10 rings (SSSR count). The average Bonchev–Trinajstić information content (AvgIpc) is 3.20. The molecule has 0 bridgehead atoms. The Morgan fingerprint density at radius 2 is 0.804 bits per heavy atom. The van der Waals surface area contributed by atoms with Crippen LogP contribution in [0.2, 0.25) is 0 Å². The van der Waals surface area contributed by atoms with Gasteiger partial charge in [0.05, 0.1) is 0 Å². The highest BCUT2D eigenvalue weighted by molar-refractivity contribution is 6.67. The van der Waals surface area contributed by atoms with E-state index in [9.17, 15) is 0 Å². The van der Waals surface area contributed by atoms with Gasteiger partial charge in [-0.15, -0.1) is 0 Å². The van der Waals surface area contributed by atoms with Gasteiger partial charge in [-0.05, 0) is 99.4 Å². The maximum Gasteiger partial charge on any atom is 0.121 e. The first kappa shape index (κ1) is 29.6. The molecular formula is C50H32Si. The molecule has 0 nitrogen and oxygen atoms in total. The molecule has 0 spiro atoms. The molecule has 0 fully saturated rings. The highest BCUT2D eigenvalue weighted by Gasteiger charge is 2.18. The van der Waals surface area contributed by atoms with Gasteiger partial charge in [-0.25, -0.2) is 0 Å². The van der Waals surface area contributed by atoms with Crippen LogP contribution in [0.25, 0.3) is 87.2 Å². The SMILES string of the molecule is c1ccc([Si]c2ccc3c(-c4ccc5ccccc5c4)c4ccccc4c(-c4ccc(-c5cc6ccccc6c6ccccc56)cc4)c3c2)cc1. The van der Waals surface area contributed by atoms with Crippen molar-refractivity contribution in [2.24, 2.45) is 0 Å². The lowest BCUT2D eigenvalue weighted by molar-refractivity contribution is 1.64. The predicted molar refractivity (Wildman–Crippen MR) is 222 cm³/mol. The Balaban J connectivity index is 1.21. The van der Waals surface area contributed by atoms with Gasteiger partial charge < -0.3 is 0 Å².